The van der Waals surface area contributed by atoms with E-state index in [9.17, 15) is 14.9 Å². The van der Waals surface area contributed by atoms with E-state index < -0.39 is 10.00 Å². The number of nitro benzene ring substituents is 1. The number of carbonyl (C=O) groups is 1. The first-order valence-electron chi connectivity index (χ1n) is 12.1. The molecule has 2 aliphatic rings. The van der Waals surface area contributed by atoms with Crippen molar-refractivity contribution >= 4 is 40.8 Å². The molecule has 0 spiro atoms. The monoisotopic (exact) mass is 517 g/mol. The third kappa shape index (κ3) is 4.35. The molecule has 5 rings (SSSR count). The second kappa shape index (κ2) is 10.5. The lowest BCUT2D eigenvalue weighted by molar-refractivity contribution is -0.384. The third-order valence-electron chi connectivity index (χ3n) is 6.74. The van der Waals surface area contributed by atoms with Gasteiger partial charge in [0.2, 0.25) is 0 Å². The summed E-state index contributed by atoms with van der Waals surface area (Å²) in [6.45, 7) is 2.15. The Labute approximate surface area is 219 Å². The van der Waals surface area contributed by atoms with Crippen molar-refractivity contribution in [3.05, 3.63) is 117 Å². The van der Waals surface area contributed by atoms with Crippen LogP contribution in [0.2, 0.25) is 0 Å². The number of nitrogens with zero attached hydrogens (tertiary/aromatic N) is 1. The number of rotatable bonds is 7. The smallest absolute Gasteiger partial charge is 0.314 e. The standard InChI is InChI=1S/C29H27NO4S2/c1-2-34-28(31)26-24(20-10-5-3-6-11-20)25(21-12-7-4-8-13-21)27(26)29(35-18-9-19-36-29)22-14-16-23(17-15-22)30(32)33/h3-8,10-17,24,26H,2,9,18-19H2,1H3/t24-,26+/m1/s1. The number of ether oxygens (including phenoxy) is 1. The molecule has 1 aliphatic carbocycles. The summed E-state index contributed by atoms with van der Waals surface area (Å²) in [5.74, 6) is 1.12. The van der Waals surface area contributed by atoms with E-state index in [2.05, 4.69) is 24.3 Å². The van der Waals surface area contributed by atoms with Gasteiger partial charge in [0.05, 0.1) is 17.4 Å². The molecule has 1 fully saturated rings. The summed E-state index contributed by atoms with van der Waals surface area (Å²) < 4.78 is 5.13. The zero-order chi connectivity index (χ0) is 25.1. The van der Waals surface area contributed by atoms with Crippen LogP contribution in [0.1, 0.15) is 36.0 Å². The normalized spacial score (nSPS) is 20.9. The van der Waals surface area contributed by atoms with Crippen LogP contribution < -0.4 is 0 Å². The van der Waals surface area contributed by atoms with Crippen LogP contribution in [-0.2, 0) is 13.6 Å². The maximum absolute atomic E-state index is 13.6. The molecule has 0 unspecified atom stereocenters. The molecule has 1 saturated heterocycles. The Hall–Kier alpha value is -3.03. The molecule has 0 bridgehead atoms. The first-order chi connectivity index (χ1) is 17.6. The van der Waals surface area contributed by atoms with Crippen molar-refractivity contribution in [1.82, 2.24) is 0 Å². The fourth-order valence-corrected chi connectivity index (χ4v) is 8.78. The van der Waals surface area contributed by atoms with Gasteiger partial charge in [-0.25, -0.2) is 0 Å². The molecule has 3 aromatic rings. The van der Waals surface area contributed by atoms with Gasteiger partial charge in [0, 0.05) is 18.1 Å². The third-order valence-corrected chi connectivity index (χ3v) is 10.2. The summed E-state index contributed by atoms with van der Waals surface area (Å²) in [4.78, 5) is 24.6. The number of non-ortho nitro benzene ring substituents is 1. The highest BCUT2D eigenvalue weighted by Gasteiger charge is 2.56. The first-order valence-corrected chi connectivity index (χ1v) is 14.1. The zero-order valence-electron chi connectivity index (χ0n) is 20.0. The summed E-state index contributed by atoms with van der Waals surface area (Å²) in [7, 11) is 0. The second-order valence-electron chi connectivity index (χ2n) is 8.78. The molecule has 36 heavy (non-hydrogen) atoms. The molecule has 0 amide bonds. The molecular weight excluding hydrogens is 490 g/mol. The summed E-state index contributed by atoms with van der Waals surface area (Å²) in [6, 6.07) is 27.3. The van der Waals surface area contributed by atoms with Crippen molar-refractivity contribution in [2.45, 2.75) is 23.3 Å². The molecule has 0 saturated carbocycles. The molecule has 1 heterocycles. The van der Waals surface area contributed by atoms with Crippen LogP contribution >= 0.6 is 23.5 Å². The van der Waals surface area contributed by atoms with Crippen LogP contribution in [0.25, 0.3) is 5.57 Å². The van der Waals surface area contributed by atoms with E-state index >= 15 is 0 Å². The topological polar surface area (TPSA) is 69.4 Å². The van der Waals surface area contributed by atoms with Crippen LogP contribution in [0.15, 0.2) is 90.5 Å². The fourth-order valence-electron chi connectivity index (χ4n) is 5.23. The van der Waals surface area contributed by atoms with Crippen molar-refractivity contribution in [3.8, 4) is 0 Å². The van der Waals surface area contributed by atoms with Gasteiger partial charge in [0.1, 0.15) is 4.08 Å². The number of hydrogen-bond acceptors (Lipinski definition) is 6. The van der Waals surface area contributed by atoms with Crippen LogP contribution in [0.3, 0.4) is 0 Å². The number of benzene rings is 3. The zero-order valence-corrected chi connectivity index (χ0v) is 21.6. The first kappa shape index (κ1) is 24.7. The average Bonchev–Trinajstić information content (AvgIpc) is 2.90. The lowest BCUT2D eigenvalue weighted by atomic mass is 9.61. The van der Waals surface area contributed by atoms with Gasteiger partial charge in [0.15, 0.2) is 0 Å². The summed E-state index contributed by atoms with van der Waals surface area (Å²) >= 11 is 3.65. The van der Waals surface area contributed by atoms with Crippen molar-refractivity contribution in [3.63, 3.8) is 0 Å². The van der Waals surface area contributed by atoms with Crippen LogP contribution in [0.4, 0.5) is 5.69 Å². The van der Waals surface area contributed by atoms with Crippen molar-refractivity contribution < 1.29 is 14.5 Å². The summed E-state index contributed by atoms with van der Waals surface area (Å²) in [5, 5.41) is 11.3. The maximum atomic E-state index is 13.6. The van der Waals surface area contributed by atoms with Gasteiger partial charge >= 0.3 is 5.97 Å². The van der Waals surface area contributed by atoms with Crippen LogP contribution in [-0.4, -0.2) is 29.0 Å². The Balaban J connectivity index is 1.76. The lowest BCUT2D eigenvalue weighted by Gasteiger charge is -2.51. The number of carbonyl (C=O) groups excluding carboxylic acids is 1. The summed E-state index contributed by atoms with van der Waals surface area (Å²) in [6.07, 6.45) is 1.07. The molecule has 0 N–H and O–H groups in total. The Morgan fingerprint density at radius 1 is 0.972 bits per heavy atom. The molecule has 7 heteroatoms. The van der Waals surface area contributed by atoms with E-state index in [1.54, 1.807) is 12.1 Å². The van der Waals surface area contributed by atoms with Crippen molar-refractivity contribution in [2.75, 3.05) is 18.1 Å². The number of allylic oxidation sites excluding steroid dienone is 1. The fraction of sp³-hybridized carbons (Fsp3) is 0.276. The molecule has 0 aromatic heterocycles. The Morgan fingerprint density at radius 2 is 1.58 bits per heavy atom. The van der Waals surface area contributed by atoms with Crippen molar-refractivity contribution in [1.29, 1.82) is 0 Å². The highest BCUT2D eigenvalue weighted by atomic mass is 32.2. The van der Waals surface area contributed by atoms with Gasteiger partial charge in [0.25, 0.3) is 5.69 Å². The van der Waals surface area contributed by atoms with Crippen LogP contribution in [0, 0.1) is 16.0 Å². The number of thioether (sulfide) groups is 2. The molecule has 2 atom stereocenters. The lowest BCUT2D eigenvalue weighted by Crippen LogP contribution is -2.44. The van der Waals surface area contributed by atoms with E-state index in [4.69, 9.17) is 4.74 Å². The quantitative estimate of drug-likeness (QED) is 0.190. The molecule has 1 aliphatic heterocycles. The largest absolute Gasteiger partial charge is 0.466 e. The Morgan fingerprint density at radius 3 is 2.17 bits per heavy atom. The SMILES string of the molecule is CCOC(=O)[C@@H]1C(C2(c3ccc([N+](=O)[O-])cc3)SCCCS2)=C(c2ccccc2)[C@H]1c1ccccc1. The highest BCUT2D eigenvalue weighted by molar-refractivity contribution is 8.18. The predicted octanol–water partition coefficient (Wildman–Crippen LogP) is 7.05. The second-order valence-corrected chi connectivity index (χ2v) is 11.7. The van der Waals surface area contributed by atoms with Gasteiger partial charge in [-0.1, -0.05) is 60.7 Å². The molecule has 3 aromatic carbocycles. The van der Waals surface area contributed by atoms with Gasteiger partial charge < -0.3 is 4.74 Å². The van der Waals surface area contributed by atoms with Gasteiger partial charge in [-0.05, 0) is 64.8 Å². The molecule has 184 valence electrons. The van der Waals surface area contributed by atoms with E-state index in [1.807, 2.05) is 79.0 Å². The van der Waals surface area contributed by atoms with E-state index in [0.29, 0.717) is 6.61 Å². The maximum Gasteiger partial charge on any atom is 0.314 e. The minimum atomic E-state index is -0.527. The van der Waals surface area contributed by atoms with E-state index in [-0.39, 0.29) is 22.5 Å². The molecule has 0 radical (unpaired) electrons. The van der Waals surface area contributed by atoms with Gasteiger partial charge in [-0.15, -0.1) is 23.5 Å². The van der Waals surface area contributed by atoms with Crippen LogP contribution in [0.5, 0.6) is 0 Å². The Kier molecular flexibility index (Phi) is 7.21. The highest BCUT2D eigenvalue weighted by Crippen LogP contribution is 2.67. The average molecular weight is 518 g/mol. The number of hydrogen-bond donors (Lipinski definition) is 0. The number of esters is 1. The summed E-state index contributed by atoms with van der Waals surface area (Å²) in [5.41, 5.74) is 5.43. The van der Waals surface area contributed by atoms with E-state index in [1.165, 1.54) is 0 Å². The molecular formula is C29H27NO4S2. The Bertz CT molecular complexity index is 1270. The molecule has 5 nitrogen and oxygen atoms in total. The van der Waals surface area contributed by atoms with Gasteiger partial charge in [-0.3, -0.25) is 14.9 Å². The van der Waals surface area contributed by atoms with Crippen molar-refractivity contribution in [2.24, 2.45) is 5.92 Å². The van der Waals surface area contributed by atoms with E-state index in [0.717, 1.165) is 45.8 Å². The number of nitro groups is 1. The minimum absolute atomic E-state index is 0.0645. The minimum Gasteiger partial charge on any atom is -0.466 e. The van der Waals surface area contributed by atoms with Gasteiger partial charge in [-0.2, -0.15) is 0 Å². The predicted molar refractivity (Wildman–Crippen MR) is 147 cm³/mol.